The van der Waals surface area contributed by atoms with Crippen LogP contribution in [-0.4, -0.2) is 42.0 Å². The van der Waals surface area contributed by atoms with Crippen molar-refractivity contribution in [2.24, 2.45) is 0 Å². The van der Waals surface area contributed by atoms with Crippen LogP contribution in [0.2, 0.25) is 0 Å². The number of nitrogens with zero attached hydrogens (tertiary/aromatic N) is 1. The average molecular weight is 349 g/mol. The molecule has 7 heteroatoms. The maximum Gasteiger partial charge on any atom is 0.242 e. The van der Waals surface area contributed by atoms with Gasteiger partial charge in [-0.25, -0.2) is 8.42 Å². The van der Waals surface area contributed by atoms with Gasteiger partial charge in [-0.05, 0) is 32.3 Å². The van der Waals surface area contributed by atoms with Gasteiger partial charge in [-0.1, -0.05) is 25.1 Å². The van der Waals surface area contributed by atoms with Crippen molar-refractivity contribution in [1.29, 1.82) is 0 Å². The fourth-order valence-corrected chi connectivity index (χ4v) is 5.10. The van der Waals surface area contributed by atoms with E-state index in [1.54, 1.807) is 0 Å². The highest BCUT2D eigenvalue weighted by Crippen LogP contribution is 2.29. The van der Waals surface area contributed by atoms with Crippen LogP contribution < -0.4 is 5.32 Å². The lowest BCUT2D eigenvalue weighted by molar-refractivity contribution is -0.119. The molecule has 6 nitrogen and oxygen atoms in total. The maximum absolute atomic E-state index is 12.7. The first-order valence-electron chi connectivity index (χ1n) is 8.31. The smallest absolute Gasteiger partial charge is 0.242 e. The molecule has 1 aromatic carbocycles. The zero-order valence-electron chi connectivity index (χ0n) is 14.0. The SMILES string of the molecule is CCCS(=O)(=O)N1CCCC1C(=O)Nc1c(C)[nH]c2ccccc12. The van der Waals surface area contributed by atoms with Crippen molar-refractivity contribution < 1.29 is 13.2 Å². The molecule has 0 radical (unpaired) electrons. The molecule has 1 aromatic heterocycles. The summed E-state index contributed by atoms with van der Waals surface area (Å²) in [7, 11) is -3.37. The molecule has 130 valence electrons. The van der Waals surface area contributed by atoms with Gasteiger partial charge in [-0.15, -0.1) is 0 Å². The Morgan fingerprint density at radius 2 is 2.12 bits per heavy atom. The van der Waals surface area contributed by atoms with Gasteiger partial charge in [0.15, 0.2) is 0 Å². The Hall–Kier alpha value is -1.86. The number of para-hydroxylation sites is 1. The van der Waals surface area contributed by atoms with Gasteiger partial charge < -0.3 is 10.3 Å². The first kappa shape index (κ1) is 17.0. The number of benzene rings is 1. The van der Waals surface area contributed by atoms with Gasteiger partial charge in [-0.2, -0.15) is 4.31 Å². The van der Waals surface area contributed by atoms with Crippen molar-refractivity contribution >= 4 is 32.5 Å². The fourth-order valence-electron chi connectivity index (χ4n) is 3.35. The number of fused-ring (bicyclic) bond motifs is 1. The molecule has 3 rings (SSSR count). The Labute approximate surface area is 142 Å². The minimum Gasteiger partial charge on any atom is -0.357 e. The molecule has 0 spiro atoms. The number of aromatic amines is 1. The lowest BCUT2D eigenvalue weighted by atomic mass is 10.2. The lowest BCUT2D eigenvalue weighted by Crippen LogP contribution is -2.44. The van der Waals surface area contributed by atoms with Gasteiger partial charge in [0.1, 0.15) is 6.04 Å². The highest BCUT2D eigenvalue weighted by Gasteiger charge is 2.38. The minimum atomic E-state index is -3.37. The minimum absolute atomic E-state index is 0.0862. The summed E-state index contributed by atoms with van der Waals surface area (Å²) >= 11 is 0. The summed E-state index contributed by atoms with van der Waals surface area (Å²) < 4.78 is 26.1. The summed E-state index contributed by atoms with van der Waals surface area (Å²) in [6.45, 7) is 4.15. The summed E-state index contributed by atoms with van der Waals surface area (Å²) in [4.78, 5) is 16.0. The summed E-state index contributed by atoms with van der Waals surface area (Å²) in [6, 6.07) is 7.12. The van der Waals surface area contributed by atoms with Crippen molar-refractivity contribution in [1.82, 2.24) is 9.29 Å². The van der Waals surface area contributed by atoms with E-state index in [1.807, 2.05) is 38.1 Å². The first-order chi connectivity index (χ1) is 11.4. The van der Waals surface area contributed by atoms with Crippen molar-refractivity contribution in [3.8, 4) is 0 Å². The third-order valence-corrected chi connectivity index (χ3v) is 6.54. The number of nitrogens with one attached hydrogen (secondary N) is 2. The summed E-state index contributed by atoms with van der Waals surface area (Å²) in [5.41, 5.74) is 2.55. The van der Waals surface area contributed by atoms with E-state index in [9.17, 15) is 13.2 Å². The molecule has 1 aliphatic heterocycles. The topological polar surface area (TPSA) is 82.3 Å². The van der Waals surface area contributed by atoms with Crippen LogP contribution in [0.1, 0.15) is 31.9 Å². The number of rotatable bonds is 5. The second-order valence-corrected chi connectivity index (χ2v) is 8.29. The van der Waals surface area contributed by atoms with Crippen LogP contribution in [0.15, 0.2) is 24.3 Å². The van der Waals surface area contributed by atoms with Gasteiger partial charge in [-0.3, -0.25) is 4.79 Å². The van der Waals surface area contributed by atoms with Crippen molar-refractivity contribution in [2.75, 3.05) is 17.6 Å². The van der Waals surface area contributed by atoms with Crippen molar-refractivity contribution in [3.63, 3.8) is 0 Å². The number of amides is 1. The van der Waals surface area contributed by atoms with E-state index < -0.39 is 16.1 Å². The number of H-pyrrole nitrogens is 1. The predicted octanol–water partition coefficient (Wildman–Crippen LogP) is 2.62. The van der Waals surface area contributed by atoms with Crippen molar-refractivity contribution in [3.05, 3.63) is 30.0 Å². The molecule has 24 heavy (non-hydrogen) atoms. The van der Waals surface area contributed by atoms with E-state index in [2.05, 4.69) is 10.3 Å². The molecule has 2 aromatic rings. The van der Waals surface area contributed by atoms with Crippen LogP contribution in [0.3, 0.4) is 0 Å². The van der Waals surface area contributed by atoms with E-state index in [0.717, 1.165) is 22.3 Å². The van der Waals surface area contributed by atoms with Crippen LogP contribution in [0, 0.1) is 6.92 Å². The van der Waals surface area contributed by atoms with Gasteiger partial charge in [0.05, 0.1) is 11.4 Å². The van der Waals surface area contributed by atoms with Gasteiger partial charge in [0, 0.05) is 23.1 Å². The summed E-state index contributed by atoms with van der Waals surface area (Å²) in [5, 5.41) is 3.88. The number of hydrogen-bond donors (Lipinski definition) is 2. The number of aromatic nitrogens is 1. The van der Waals surface area contributed by atoms with Crippen LogP contribution >= 0.6 is 0 Å². The molecule has 1 atom stereocenters. The largest absolute Gasteiger partial charge is 0.357 e. The average Bonchev–Trinajstić information content (AvgIpc) is 3.13. The third kappa shape index (κ3) is 3.06. The number of aryl methyl sites for hydroxylation is 1. The Morgan fingerprint density at radius 3 is 2.88 bits per heavy atom. The molecule has 1 saturated heterocycles. The van der Waals surface area contributed by atoms with Gasteiger partial charge in [0.25, 0.3) is 0 Å². The highest BCUT2D eigenvalue weighted by atomic mass is 32.2. The van der Waals surface area contributed by atoms with Gasteiger partial charge >= 0.3 is 0 Å². The zero-order chi connectivity index (χ0) is 17.3. The first-order valence-corrected chi connectivity index (χ1v) is 9.92. The van der Waals surface area contributed by atoms with Crippen molar-refractivity contribution in [2.45, 2.75) is 39.2 Å². The molecule has 0 bridgehead atoms. The number of hydrogen-bond acceptors (Lipinski definition) is 3. The van der Waals surface area contributed by atoms with E-state index in [-0.39, 0.29) is 11.7 Å². The number of carbonyl (C=O) groups excluding carboxylic acids is 1. The standard InChI is InChI=1S/C17H23N3O3S/c1-3-11-24(22,23)20-10-6-9-15(20)17(21)19-16-12(2)18-14-8-5-4-7-13(14)16/h4-5,7-8,15,18H,3,6,9-11H2,1-2H3,(H,19,21). The molecule has 1 amide bonds. The molecule has 1 fully saturated rings. The Kier molecular flexibility index (Phi) is 4.64. The van der Waals surface area contributed by atoms with E-state index in [4.69, 9.17) is 0 Å². The molecule has 0 aliphatic carbocycles. The lowest BCUT2D eigenvalue weighted by Gasteiger charge is -2.23. The predicted molar refractivity (Wildman–Crippen MR) is 95.5 cm³/mol. The van der Waals surface area contributed by atoms with E-state index >= 15 is 0 Å². The number of sulfonamides is 1. The molecule has 1 aliphatic rings. The Balaban J connectivity index is 1.85. The molecular weight excluding hydrogens is 326 g/mol. The van der Waals surface area contributed by atoms with Crippen LogP contribution in [0.5, 0.6) is 0 Å². The Morgan fingerprint density at radius 1 is 1.38 bits per heavy atom. The third-order valence-electron chi connectivity index (χ3n) is 4.47. The molecular formula is C17H23N3O3S. The summed E-state index contributed by atoms with van der Waals surface area (Å²) in [6.07, 6.45) is 1.83. The summed E-state index contributed by atoms with van der Waals surface area (Å²) in [5.74, 6) is -0.164. The van der Waals surface area contributed by atoms with Crippen LogP contribution in [0.4, 0.5) is 5.69 Å². The molecule has 2 N–H and O–H groups in total. The maximum atomic E-state index is 12.7. The van der Waals surface area contributed by atoms with E-state index in [1.165, 1.54) is 4.31 Å². The normalized spacial score (nSPS) is 19.0. The quantitative estimate of drug-likeness (QED) is 0.870. The zero-order valence-corrected chi connectivity index (χ0v) is 14.8. The molecule has 0 saturated carbocycles. The van der Waals surface area contributed by atoms with Gasteiger partial charge in [0.2, 0.25) is 15.9 Å². The second-order valence-electron chi connectivity index (χ2n) is 6.24. The van der Waals surface area contributed by atoms with Crippen LogP contribution in [-0.2, 0) is 14.8 Å². The monoisotopic (exact) mass is 349 g/mol. The molecule has 1 unspecified atom stereocenters. The Bertz CT molecular complexity index is 857. The highest BCUT2D eigenvalue weighted by molar-refractivity contribution is 7.89. The van der Waals surface area contributed by atoms with Crippen LogP contribution in [0.25, 0.3) is 10.9 Å². The fraction of sp³-hybridized carbons (Fsp3) is 0.471. The van der Waals surface area contributed by atoms with E-state index in [0.29, 0.717) is 25.8 Å². The number of anilines is 1. The number of carbonyl (C=O) groups is 1. The molecule has 2 heterocycles. The second kappa shape index (κ2) is 6.57.